The van der Waals surface area contributed by atoms with E-state index in [-0.39, 0.29) is 10.5 Å². The maximum Gasteiger partial charge on any atom is 0.417 e. The predicted molar refractivity (Wildman–Crippen MR) is 85.9 cm³/mol. The minimum absolute atomic E-state index is 0.210. The fraction of sp³-hybridized carbons (Fsp3) is 0.0625. The maximum absolute atomic E-state index is 12.9. The number of benzene rings is 2. The normalized spacial score (nSPS) is 11.7. The van der Waals surface area contributed by atoms with Crippen molar-refractivity contribution in [2.45, 2.75) is 6.18 Å². The van der Waals surface area contributed by atoms with Crippen molar-refractivity contribution in [2.24, 2.45) is 0 Å². The molecule has 0 aliphatic carbocycles. The van der Waals surface area contributed by atoms with Gasteiger partial charge in [0.05, 0.1) is 16.1 Å². The molecule has 1 aromatic heterocycles. The van der Waals surface area contributed by atoms with Gasteiger partial charge in [0.15, 0.2) is 0 Å². The van der Waals surface area contributed by atoms with Gasteiger partial charge in [-0.1, -0.05) is 11.6 Å². The van der Waals surface area contributed by atoms with E-state index in [1.54, 1.807) is 30.3 Å². The van der Waals surface area contributed by atoms with Crippen LogP contribution in [0, 0.1) is 0 Å². The number of rotatable bonds is 2. The summed E-state index contributed by atoms with van der Waals surface area (Å²) in [6.07, 6.45) is -3.08. The Morgan fingerprint density at radius 3 is 2.39 bits per heavy atom. The second kappa shape index (κ2) is 5.62. The summed E-state index contributed by atoms with van der Waals surface area (Å²) in [6.45, 7) is 0. The number of nitrogens with one attached hydrogen (secondary N) is 1. The van der Waals surface area contributed by atoms with Crippen LogP contribution in [0.25, 0.3) is 10.9 Å². The minimum Gasteiger partial charge on any atom is -0.399 e. The molecular formula is C16H11ClF3N3. The highest BCUT2D eigenvalue weighted by molar-refractivity contribution is 6.32. The molecule has 0 saturated carbocycles. The van der Waals surface area contributed by atoms with E-state index in [1.807, 2.05) is 0 Å². The zero-order chi connectivity index (χ0) is 16.6. The van der Waals surface area contributed by atoms with E-state index >= 15 is 0 Å². The zero-order valence-electron chi connectivity index (χ0n) is 11.7. The Morgan fingerprint density at radius 2 is 1.74 bits per heavy atom. The number of nitrogens with two attached hydrogens (primary N) is 1. The monoisotopic (exact) mass is 337 g/mol. The summed E-state index contributed by atoms with van der Waals surface area (Å²) in [6, 6.07) is 10.9. The van der Waals surface area contributed by atoms with Crippen LogP contribution < -0.4 is 11.1 Å². The van der Waals surface area contributed by atoms with Crippen molar-refractivity contribution < 1.29 is 13.2 Å². The summed E-state index contributed by atoms with van der Waals surface area (Å²) < 4.78 is 38.8. The van der Waals surface area contributed by atoms with Crippen molar-refractivity contribution in [1.29, 1.82) is 0 Å². The summed E-state index contributed by atoms with van der Waals surface area (Å²) in [5.41, 5.74) is 6.92. The highest BCUT2D eigenvalue weighted by Crippen LogP contribution is 2.38. The minimum atomic E-state index is -4.52. The first-order chi connectivity index (χ1) is 10.8. The molecule has 0 aliphatic rings. The molecule has 7 heteroatoms. The van der Waals surface area contributed by atoms with Gasteiger partial charge in [0, 0.05) is 28.6 Å². The first-order valence-corrected chi connectivity index (χ1v) is 7.00. The lowest BCUT2D eigenvalue weighted by molar-refractivity contribution is -0.137. The van der Waals surface area contributed by atoms with E-state index in [4.69, 9.17) is 17.3 Å². The number of hydrogen-bond donors (Lipinski definition) is 2. The Bertz CT molecular complexity index is 861. The van der Waals surface area contributed by atoms with Crippen LogP contribution in [0.15, 0.2) is 48.7 Å². The number of aromatic nitrogens is 1. The number of halogens is 4. The van der Waals surface area contributed by atoms with E-state index in [0.29, 0.717) is 16.8 Å². The number of alkyl halides is 3. The van der Waals surface area contributed by atoms with Gasteiger partial charge >= 0.3 is 6.18 Å². The molecule has 0 spiro atoms. The third kappa shape index (κ3) is 3.17. The second-order valence-electron chi connectivity index (χ2n) is 4.95. The van der Waals surface area contributed by atoms with Crippen LogP contribution in [0.5, 0.6) is 0 Å². The molecule has 23 heavy (non-hydrogen) atoms. The number of fused-ring (bicyclic) bond motifs is 1. The summed E-state index contributed by atoms with van der Waals surface area (Å²) in [4.78, 5) is 3.99. The Morgan fingerprint density at radius 1 is 1.04 bits per heavy atom. The van der Waals surface area contributed by atoms with Crippen LogP contribution in [0.3, 0.4) is 0 Å². The summed E-state index contributed by atoms with van der Waals surface area (Å²) in [7, 11) is 0. The van der Waals surface area contributed by atoms with Gasteiger partial charge in [-0.2, -0.15) is 13.2 Å². The van der Waals surface area contributed by atoms with Gasteiger partial charge in [0.2, 0.25) is 0 Å². The molecule has 0 saturated heterocycles. The third-order valence-corrected chi connectivity index (χ3v) is 3.64. The lowest BCUT2D eigenvalue weighted by Gasteiger charge is -2.13. The molecule has 3 N–H and O–H groups in total. The quantitative estimate of drug-likeness (QED) is 0.629. The summed E-state index contributed by atoms with van der Waals surface area (Å²) in [5.74, 6) is 0. The van der Waals surface area contributed by atoms with E-state index in [9.17, 15) is 13.2 Å². The number of hydrogen-bond acceptors (Lipinski definition) is 3. The van der Waals surface area contributed by atoms with Gasteiger partial charge in [-0.15, -0.1) is 0 Å². The highest BCUT2D eigenvalue weighted by Gasteiger charge is 2.33. The molecule has 0 bridgehead atoms. The largest absolute Gasteiger partial charge is 0.417 e. The van der Waals surface area contributed by atoms with Gasteiger partial charge < -0.3 is 11.1 Å². The standard InChI is InChI=1S/C16H11ClF3N3/c17-13-7-11-14(23-10-3-1-9(21)2-4-10)5-6-22-15(11)8-12(13)16(18,19)20/h1-8H,21H2,(H,22,23). The second-order valence-corrected chi connectivity index (χ2v) is 5.36. The van der Waals surface area contributed by atoms with Crippen LogP contribution in [0.2, 0.25) is 5.02 Å². The fourth-order valence-electron chi connectivity index (χ4n) is 2.21. The number of nitrogen functional groups attached to an aromatic ring is 1. The van der Waals surface area contributed by atoms with Crippen molar-refractivity contribution in [1.82, 2.24) is 4.98 Å². The average Bonchev–Trinajstić information content (AvgIpc) is 2.48. The molecule has 0 aliphatic heterocycles. The molecule has 2 aromatic carbocycles. The van der Waals surface area contributed by atoms with Crippen molar-refractivity contribution in [3.63, 3.8) is 0 Å². The molecule has 3 nitrogen and oxygen atoms in total. The molecule has 3 rings (SSSR count). The smallest absolute Gasteiger partial charge is 0.399 e. The molecule has 0 atom stereocenters. The predicted octanol–water partition coefficient (Wildman–Crippen LogP) is 5.23. The van der Waals surface area contributed by atoms with E-state index < -0.39 is 11.7 Å². The van der Waals surface area contributed by atoms with Crippen LogP contribution in [0.4, 0.5) is 30.2 Å². The van der Waals surface area contributed by atoms with Crippen LogP contribution in [-0.4, -0.2) is 4.98 Å². The zero-order valence-corrected chi connectivity index (χ0v) is 12.4. The Hall–Kier alpha value is -2.47. The third-order valence-electron chi connectivity index (χ3n) is 3.33. The van der Waals surface area contributed by atoms with Gasteiger partial charge in [0.25, 0.3) is 0 Å². The Kier molecular flexibility index (Phi) is 3.77. The molecule has 118 valence electrons. The highest BCUT2D eigenvalue weighted by atomic mass is 35.5. The maximum atomic E-state index is 12.9. The lowest BCUT2D eigenvalue weighted by Crippen LogP contribution is -2.06. The van der Waals surface area contributed by atoms with Gasteiger partial charge in [-0.3, -0.25) is 4.98 Å². The van der Waals surface area contributed by atoms with Crippen LogP contribution in [-0.2, 0) is 6.18 Å². The van der Waals surface area contributed by atoms with E-state index in [2.05, 4.69) is 10.3 Å². The van der Waals surface area contributed by atoms with E-state index in [0.717, 1.165) is 11.8 Å². The molecule has 3 aromatic rings. The van der Waals surface area contributed by atoms with Crippen molar-refractivity contribution in [3.8, 4) is 0 Å². The number of nitrogens with zero attached hydrogens (tertiary/aromatic N) is 1. The van der Waals surface area contributed by atoms with Gasteiger partial charge in [0.1, 0.15) is 0 Å². The molecule has 0 radical (unpaired) electrons. The van der Waals surface area contributed by atoms with Crippen LogP contribution in [0.1, 0.15) is 5.56 Å². The molecule has 0 unspecified atom stereocenters. The van der Waals surface area contributed by atoms with Crippen molar-refractivity contribution in [2.75, 3.05) is 11.1 Å². The van der Waals surface area contributed by atoms with Gasteiger partial charge in [-0.25, -0.2) is 0 Å². The van der Waals surface area contributed by atoms with Gasteiger partial charge in [-0.05, 0) is 42.5 Å². The first kappa shape index (κ1) is 15.4. The first-order valence-electron chi connectivity index (χ1n) is 6.62. The van der Waals surface area contributed by atoms with Crippen molar-refractivity contribution in [3.05, 3.63) is 59.2 Å². The molecule has 1 heterocycles. The Labute approximate surface area is 134 Å². The van der Waals surface area contributed by atoms with E-state index in [1.165, 1.54) is 12.3 Å². The molecule has 0 fully saturated rings. The summed E-state index contributed by atoms with van der Waals surface area (Å²) >= 11 is 5.79. The van der Waals surface area contributed by atoms with Crippen molar-refractivity contribution >= 4 is 39.6 Å². The Balaban J connectivity index is 2.08. The fourth-order valence-corrected chi connectivity index (χ4v) is 2.49. The lowest BCUT2D eigenvalue weighted by atomic mass is 10.1. The topological polar surface area (TPSA) is 50.9 Å². The van der Waals surface area contributed by atoms with Crippen LogP contribution >= 0.6 is 11.6 Å². The molecular weight excluding hydrogens is 327 g/mol. The SMILES string of the molecule is Nc1ccc(Nc2ccnc3cc(C(F)(F)F)c(Cl)cc23)cc1. The number of pyridine rings is 1. The average molecular weight is 338 g/mol. The summed E-state index contributed by atoms with van der Waals surface area (Å²) in [5, 5.41) is 3.26. The number of anilines is 3. The molecule has 0 amide bonds.